The average molecular weight is 355 g/mol. The number of aryl methyl sites for hydroxylation is 1. The third-order valence-electron chi connectivity index (χ3n) is 4.49. The van der Waals surface area contributed by atoms with E-state index in [0.29, 0.717) is 37.4 Å². The number of piperazine rings is 1. The Morgan fingerprint density at radius 2 is 1.73 bits per heavy atom. The maximum absolute atomic E-state index is 12.7. The largest absolute Gasteiger partial charge is 0.459 e. The lowest BCUT2D eigenvalue weighted by atomic mass is 10.1. The van der Waals surface area contributed by atoms with Crippen LogP contribution in [-0.4, -0.2) is 53.7 Å². The quantitative estimate of drug-likeness (QED) is 0.914. The van der Waals surface area contributed by atoms with E-state index in [4.69, 9.17) is 4.42 Å². The second kappa shape index (κ2) is 7.43. The number of carbonyl (C=O) groups excluding carboxylic acids is 3. The fourth-order valence-electron chi connectivity index (χ4n) is 2.89. The Bertz CT molecular complexity index is 821. The van der Waals surface area contributed by atoms with Gasteiger partial charge in [0, 0.05) is 44.4 Å². The summed E-state index contributed by atoms with van der Waals surface area (Å²) in [5, 5.41) is 2.78. The number of nitrogens with zero attached hydrogens (tertiary/aromatic N) is 2. The van der Waals surface area contributed by atoms with Crippen molar-refractivity contribution in [2.75, 3.05) is 31.5 Å². The summed E-state index contributed by atoms with van der Waals surface area (Å²) in [4.78, 5) is 39.8. The molecular formula is C19H21N3O4. The third kappa shape index (κ3) is 3.77. The van der Waals surface area contributed by atoms with Gasteiger partial charge in [-0.05, 0) is 36.8 Å². The van der Waals surface area contributed by atoms with Crippen LogP contribution in [0.5, 0.6) is 0 Å². The topological polar surface area (TPSA) is 82.9 Å². The van der Waals surface area contributed by atoms with E-state index < -0.39 is 0 Å². The fraction of sp³-hybridized carbons (Fsp3) is 0.316. The molecule has 136 valence electrons. The van der Waals surface area contributed by atoms with Crippen LogP contribution in [0.3, 0.4) is 0 Å². The molecule has 2 heterocycles. The van der Waals surface area contributed by atoms with Crippen LogP contribution >= 0.6 is 0 Å². The summed E-state index contributed by atoms with van der Waals surface area (Å²) >= 11 is 0. The Morgan fingerprint density at radius 3 is 2.35 bits per heavy atom. The minimum atomic E-state index is -0.363. The lowest BCUT2D eigenvalue weighted by Gasteiger charge is -2.34. The highest BCUT2D eigenvalue weighted by molar-refractivity contribution is 6.04. The molecule has 26 heavy (non-hydrogen) atoms. The highest BCUT2D eigenvalue weighted by Crippen LogP contribution is 2.20. The van der Waals surface area contributed by atoms with Gasteiger partial charge < -0.3 is 19.5 Å². The number of rotatable bonds is 3. The van der Waals surface area contributed by atoms with E-state index in [0.717, 1.165) is 5.56 Å². The van der Waals surface area contributed by atoms with Gasteiger partial charge in [-0.1, -0.05) is 6.07 Å². The minimum absolute atomic E-state index is 0.0235. The number of nitrogens with one attached hydrogen (secondary N) is 1. The van der Waals surface area contributed by atoms with E-state index >= 15 is 0 Å². The van der Waals surface area contributed by atoms with E-state index in [-0.39, 0.29) is 23.5 Å². The predicted octanol–water partition coefficient (Wildman–Crippen LogP) is 2.14. The van der Waals surface area contributed by atoms with Gasteiger partial charge in [0.1, 0.15) is 0 Å². The predicted molar refractivity (Wildman–Crippen MR) is 96.0 cm³/mol. The number of hydrogen-bond donors (Lipinski definition) is 1. The van der Waals surface area contributed by atoms with Crippen molar-refractivity contribution in [3.63, 3.8) is 0 Å². The van der Waals surface area contributed by atoms with Crippen LogP contribution in [0.4, 0.5) is 5.69 Å². The highest BCUT2D eigenvalue weighted by atomic mass is 16.3. The molecule has 3 rings (SSSR count). The number of carbonyl (C=O) groups is 3. The molecule has 0 unspecified atom stereocenters. The lowest BCUT2D eigenvalue weighted by molar-refractivity contribution is -0.130. The molecule has 0 aliphatic carbocycles. The molecule has 0 radical (unpaired) electrons. The van der Waals surface area contributed by atoms with Crippen LogP contribution in [0.15, 0.2) is 41.0 Å². The van der Waals surface area contributed by atoms with Gasteiger partial charge in [0.05, 0.1) is 6.26 Å². The first-order valence-electron chi connectivity index (χ1n) is 8.46. The van der Waals surface area contributed by atoms with Gasteiger partial charge >= 0.3 is 0 Å². The van der Waals surface area contributed by atoms with Crippen LogP contribution in [0.25, 0.3) is 0 Å². The van der Waals surface area contributed by atoms with Crippen molar-refractivity contribution >= 4 is 23.4 Å². The van der Waals surface area contributed by atoms with E-state index in [1.807, 2.05) is 6.92 Å². The van der Waals surface area contributed by atoms with Crippen molar-refractivity contribution in [1.82, 2.24) is 9.80 Å². The van der Waals surface area contributed by atoms with Crippen molar-refractivity contribution < 1.29 is 18.8 Å². The van der Waals surface area contributed by atoms with Crippen molar-refractivity contribution in [2.24, 2.45) is 0 Å². The van der Waals surface area contributed by atoms with Crippen LogP contribution in [-0.2, 0) is 4.79 Å². The van der Waals surface area contributed by atoms with Crippen molar-refractivity contribution in [3.8, 4) is 0 Å². The Hall–Kier alpha value is -3.09. The Balaban J connectivity index is 1.72. The highest BCUT2D eigenvalue weighted by Gasteiger charge is 2.23. The van der Waals surface area contributed by atoms with Gasteiger partial charge in [0.15, 0.2) is 5.76 Å². The Kier molecular flexibility index (Phi) is 5.06. The summed E-state index contributed by atoms with van der Waals surface area (Å²) in [6.07, 6.45) is 1.43. The summed E-state index contributed by atoms with van der Waals surface area (Å²) in [7, 11) is 0. The monoisotopic (exact) mass is 355 g/mol. The molecule has 2 aromatic rings. The van der Waals surface area contributed by atoms with Gasteiger partial charge in [-0.2, -0.15) is 0 Å². The van der Waals surface area contributed by atoms with Gasteiger partial charge in [-0.15, -0.1) is 0 Å². The standard InChI is InChI=1S/C19H21N3O4/c1-13-5-6-15(12-16(13)20-18(24)17-4-3-11-26-17)19(25)22-9-7-21(8-10-22)14(2)23/h3-6,11-12H,7-10H2,1-2H3,(H,20,24). The smallest absolute Gasteiger partial charge is 0.291 e. The molecular weight excluding hydrogens is 334 g/mol. The summed E-state index contributed by atoms with van der Waals surface area (Å²) in [6, 6.07) is 8.45. The van der Waals surface area contributed by atoms with Crippen molar-refractivity contribution in [2.45, 2.75) is 13.8 Å². The van der Waals surface area contributed by atoms with Crippen molar-refractivity contribution in [1.29, 1.82) is 0 Å². The maximum atomic E-state index is 12.7. The molecule has 0 bridgehead atoms. The number of benzene rings is 1. The molecule has 7 nitrogen and oxygen atoms in total. The first-order valence-corrected chi connectivity index (χ1v) is 8.46. The first-order chi connectivity index (χ1) is 12.5. The maximum Gasteiger partial charge on any atom is 0.291 e. The normalized spacial score (nSPS) is 14.2. The number of hydrogen-bond acceptors (Lipinski definition) is 4. The molecule has 1 aromatic heterocycles. The lowest BCUT2D eigenvalue weighted by Crippen LogP contribution is -2.50. The van der Waals surface area contributed by atoms with E-state index in [1.165, 1.54) is 13.2 Å². The molecule has 1 N–H and O–H groups in total. The molecule has 1 aliphatic heterocycles. The second-order valence-corrected chi connectivity index (χ2v) is 6.26. The van der Waals surface area contributed by atoms with Gasteiger partial charge in [0.25, 0.3) is 11.8 Å². The summed E-state index contributed by atoms with van der Waals surface area (Å²) < 4.78 is 5.09. The zero-order valence-corrected chi connectivity index (χ0v) is 14.8. The van der Waals surface area contributed by atoms with Crippen LogP contribution < -0.4 is 5.32 Å². The molecule has 3 amide bonds. The Morgan fingerprint density at radius 1 is 1.04 bits per heavy atom. The summed E-state index contributed by atoms with van der Waals surface area (Å²) in [5.41, 5.74) is 1.92. The number of amides is 3. The summed E-state index contributed by atoms with van der Waals surface area (Å²) in [5.74, 6) is -0.240. The van der Waals surface area contributed by atoms with E-state index in [1.54, 1.807) is 40.1 Å². The molecule has 1 aliphatic rings. The molecule has 0 saturated carbocycles. The molecule has 7 heteroatoms. The molecule has 1 aromatic carbocycles. The molecule has 1 saturated heterocycles. The average Bonchev–Trinajstić information content (AvgIpc) is 3.18. The number of furan rings is 1. The van der Waals surface area contributed by atoms with Gasteiger partial charge in [0.2, 0.25) is 5.91 Å². The molecule has 1 fully saturated rings. The number of anilines is 1. The van der Waals surface area contributed by atoms with Crippen molar-refractivity contribution in [3.05, 3.63) is 53.5 Å². The van der Waals surface area contributed by atoms with E-state index in [9.17, 15) is 14.4 Å². The minimum Gasteiger partial charge on any atom is -0.459 e. The van der Waals surface area contributed by atoms with E-state index in [2.05, 4.69) is 5.32 Å². The SMILES string of the molecule is CC(=O)N1CCN(C(=O)c2ccc(C)c(NC(=O)c3ccco3)c2)CC1. The zero-order chi connectivity index (χ0) is 18.7. The van der Waals surface area contributed by atoms with Crippen LogP contribution in [0, 0.1) is 6.92 Å². The first kappa shape index (κ1) is 17.7. The second-order valence-electron chi connectivity index (χ2n) is 6.26. The summed E-state index contributed by atoms with van der Waals surface area (Å²) in [6.45, 7) is 5.47. The van der Waals surface area contributed by atoms with Gasteiger partial charge in [-0.3, -0.25) is 14.4 Å². The Labute approximate surface area is 151 Å². The molecule has 0 atom stereocenters. The zero-order valence-electron chi connectivity index (χ0n) is 14.8. The van der Waals surface area contributed by atoms with Gasteiger partial charge in [-0.25, -0.2) is 0 Å². The van der Waals surface area contributed by atoms with Crippen LogP contribution in [0.1, 0.15) is 33.4 Å². The molecule has 0 spiro atoms. The third-order valence-corrected chi connectivity index (χ3v) is 4.49. The van der Waals surface area contributed by atoms with Crippen LogP contribution in [0.2, 0.25) is 0 Å². The fourth-order valence-corrected chi connectivity index (χ4v) is 2.89.